The molecule has 2 aromatic carbocycles. The molecule has 0 radical (unpaired) electrons. The van der Waals surface area contributed by atoms with E-state index in [0.29, 0.717) is 56.8 Å². The number of rotatable bonds is 11. The molecule has 0 aliphatic rings. The molecule has 3 rings (SSSR count). The second kappa shape index (κ2) is 12.2. The highest BCUT2D eigenvalue weighted by molar-refractivity contribution is 6.37. The standard InChI is InChI=1S/C26H31Cl2N7O3/c1-7-25(36)34-18-9-19(22(38-6)11-20(18)35(4)13-26(2,3)29)33-24-12-23(30-14-31-24)32-17-10-21(37-5)16(28)8-15(17)27/h7-12,14H,1,13,29H2,2-6H3,(H,34,36)(H2,30,31,32,33). The maximum absolute atomic E-state index is 12.2. The number of nitrogens with zero attached hydrogens (tertiary/aromatic N) is 3. The molecule has 10 nitrogen and oxygen atoms in total. The summed E-state index contributed by atoms with van der Waals surface area (Å²) in [4.78, 5) is 22.7. The van der Waals surface area contributed by atoms with Crippen LogP contribution in [-0.4, -0.2) is 49.2 Å². The number of nitrogens with one attached hydrogen (secondary N) is 3. The Hall–Kier alpha value is -3.73. The maximum atomic E-state index is 12.2. The van der Waals surface area contributed by atoms with Crippen LogP contribution in [0.15, 0.2) is 49.3 Å². The topological polar surface area (TPSA) is 127 Å². The average molecular weight is 560 g/mol. The lowest BCUT2D eigenvalue weighted by molar-refractivity contribution is -0.111. The number of amides is 1. The molecule has 0 saturated carbocycles. The molecule has 3 aromatic rings. The SMILES string of the molecule is C=CC(=O)Nc1cc(Nc2cc(Nc3cc(OC)c(Cl)cc3Cl)ncn2)c(OC)cc1N(C)CC(C)(C)N. The van der Waals surface area contributed by atoms with Gasteiger partial charge in [-0.15, -0.1) is 0 Å². The average Bonchev–Trinajstić information content (AvgIpc) is 2.85. The van der Waals surface area contributed by atoms with Crippen LogP contribution in [0.5, 0.6) is 11.5 Å². The van der Waals surface area contributed by atoms with Crippen molar-refractivity contribution in [1.29, 1.82) is 0 Å². The Morgan fingerprint density at radius 1 is 1.00 bits per heavy atom. The lowest BCUT2D eigenvalue weighted by Crippen LogP contribution is -2.44. The zero-order valence-electron chi connectivity index (χ0n) is 21.9. The molecule has 5 N–H and O–H groups in total. The Kier molecular flexibility index (Phi) is 9.26. The minimum atomic E-state index is -0.472. The number of likely N-dealkylation sites (N-methyl/N-ethyl adjacent to an activating group) is 1. The van der Waals surface area contributed by atoms with Crippen molar-refractivity contribution in [2.75, 3.05) is 48.7 Å². The van der Waals surface area contributed by atoms with Gasteiger partial charge in [0.25, 0.3) is 0 Å². The number of aromatic nitrogens is 2. The molecular weight excluding hydrogens is 529 g/mol. The summed E-state index contributed by atoms with van der Waals surface area (Å²) < 4.78 is 10.9. The summed E-state index contributed by atoms with van der Waals surface area (Å²) in [6.07, 6.45) is 2.59. The Morgan fingerprint density at radius 2 is 1.63 bits per heavy atom. The first-order valence-electron chi connectivity index (χ1n) is 11.5. The van der Waals surface area contributed by atoms with Gasteiger partial charge in [0.15, 0.2) is 0 Å². The number of anilines is 6. The first kappa shape index (κ1) is 28.8. The van der Waals surface area contributed by atoms with Crippen LogP contribution in [0.3, 0.4) is 0 Å². The van der Waals surface area contributed by atoms with E-state index in [0.717, 1.165) is 5.69 Å². The van der Waals surface area contributed by atoms with Crippen molar-refractivity contribution in [3.8, 4) is 11.5 Å². The van der Waals surface area contributed by atoms with E-state index >= 15 is 0 Å². The number of carbonyl (C=O) groups excluding carboxylic acids is 1. The normalized spacial score (nSPS) is 10.9. The number of halogens is 2. The van der Waals surface area contributed by atoms with Gasteiger partial charge >= 0.3 is 0 Å². The highest BCUT2D eigenvalue weighted by Gasteiger charge is 2.20. The summed E-state index contributed by atoms with van der Waals surface area (Å²) in [5.41, 5.74) is 8.13. The zero-order chi connectivity index (χ0) is 28.0. The van der Waals surface area contributed by atoms with Crippen molar-refractivity contribution in [2.24, 2.45) is 5.73 Å². The molecular formula is C26H31Cl2N7O3. The highest BCUT2D eigenvalue weighted by atomic mass is 35.5. The van der Waals surface area contributed by atoms with Crippen molar-refractivity contribution in [3.05, 3.63) is 59.4 Å². The van der Waals surface area contributed by atoms with Crippen LogP contribution in [0.2, 0.25) is 10.0 Å². The first-order chi connectivity index (χ1) is 17.9. The van der Waals surface area contributed by atoms with Crippen LogP contribution < -0.4 is 36.1 Å². The third-order valence-corrected chi connectivity index (χ3v) is 5.86. The third kappa shape index (κ3) is 7.41. The number of hydrogen-bond acceptors (Lipinski definition) is 9. The predicted octanol–water partition coefficient (Wildman–Crippen LogP) is 5.59. The number of benzene rings is 2. The predicted molar refractivity (Wildman–Crippen MR) is 155 cm³/mol. The van der Waals surface area contributed by atoms with E-state index in [-0.39, 0.29) is 5.91 Å². The van der Waals surface area contributed by atoms with E-state index in [4.69, 9.17) is 38.4 Å². The summed E-state index contributed by atoms with van der Waals surface area (Å²) in [5, 5.41) is 10.0. The number of carbonyl (C=O) groups is 1. The Bertz CT molecular complexity index is 1330. The van der Waals surface area contributed by atoms with Gasteiger partial charge in [-0.1, -0.05) is 29.8 Å². The van der Waals surface area contributed by atoms with Crippen LogP contribution in [-0.2, 0) is 4.79 Å². The molecule has 0 bridgehead atoms. The van der Waals surface area contributed by atoms with Gasteiger partial charge in [0.1, 0.15) is 29.5 Å². The summed E-state index contributed by atoms with van der Waals surface area (Å²) in [5.74, 6) is 1.56. The van der Waals surface area contributed by atoms with E-state index in [2.05, 4.69) is 32.5 Å². The van der Waals surface area contributed by atoms with Gasteiger partial charge in [0, 0.05) is 37.3 Å². The fourth-order valence-electron chi connectivity index (χ4n) is 3.68. The zero-order valence-corrected chi connectivity index (χ0v) is 23.4. The molecule has 12 heteroatoms. The quantitative estimate of drug-likeness (QED) is 0.222. The van der Waals surface area contributed by atoms with Crippen molar-refractivity contribution in [2.45, 2.75) is 19.4 Å². The summed E-state index contributed by atoms with van der Waals surface area (Å²) in [6, 6.07) is 8.52. The second-order valence-electron chi connectivity index (χ2n) is 9.11. The molecule has 0 saturated heterocycles. The number of methoxy groups -OCH3 is 2. The highest BCUT2D eigenvalue weighted by Crippen LogP contribution is 2.39. The summed E-state index contributed by atoms with van der Waals surface area (Å²) in [6.45, 7) is 7.92. The lowest BCUT2D eigenvalue weighted by atomic mass is 10.1. The molecule has 0 spiro atoms. The van der Waals surface area contributed by atoms with Gasteiger partial charge in [0.2, 0.25) is 5.91 Å². The minimum absolute atomic E-state index is 0.355. The molecule has 0 unspecified atom stereocenters. The fraction of sp³-hybridized carbons (Fsp3) is 0.269. The maximum Gasteiger partial charge on any atom is 0.247 e. The largest absolute Gasteiger partial charge is 0.495 e. The number of nitrogens with two attached hydrogens (primary N) is 1. The van der Waals surface area contributed by atoms with E-state index in [9.17, 15) is 4.79 Å². The van der Waals surface area contributed by atoms with Crippen LogP contribution in [0.4, 0.5) is 34.4 Å². The molecule has 1 amide bonds. The Morgan fingerprint density at radius 3 is 2.21 bits per heavy atom. The molecule has 0 aliphatic heterocycles. The molecule has 0 fully saturated rings. The van der Waals surface area contributed by atoms with Crippen LogP contribution in [0.25, 0.3) is 0 Å². The van der Waals surface area contributed by atoms with Crippen LogP contribution in [0, 0.1) is 0 Å². The van der Waals surface area contributed by atoms with E-state index < -0.39 is 5.54 Å². The number of hydrogen-bond donors (Lipinski definition) is 4. The van der Waals surface area contributed by atoms with Gasteiger partial charge in [-0.2, -0.15) is 0 Å². The van der Waals surface area contributed by atoms with Gasteiger partial charge in [-0.3, -0.25) is 4.79 Å². The molecule has 1 heterocycles. The van der Waals surface area contributed by atoms with E-state index in [1.54, 1.807) is 31.4 Å². The Balaban J connectivity index is 1.96. The fourth-order valence-corrected chi connectivity index (χ4v) is 4.19. The van der Waals surface area contributed by atoms with Gasteiger partial charge in [-0.05, 0) is 32.1 Å². The third-order valence-electron chi connectivity index (χ3n) is 5.25. The van der Waals surface area contributed by atoms with Crippen LogP contribution >= 0.6 is 23.2 Å². The van der Waals surface area contributed by atoms with Crippen LogP contribution in [0.1, 0.15) is 13.8 Å². The molecule has 0 aliphatic carbocycles. The summed E-state index contributed by atoms with van der Waals surface area (Å²) >= 11 is 12.5. The van der Waals surface area contributed by atoms with Gasteiger partial charge < -0.3 is 36.1 Å². The van der Waals surface area contributed by atoms with Crippen molar-refractivity contribution in [1.82, 2.24) is 9.97 Å². The minimum Gasteiger partial charge on any atom is -0.495 e. The molecule has 1 aromatic heterocycles. The lowest BCUT2D eigenvalue weighted by Gasteiger charge is -2.30. The Labute approximate surface area is 232 Å². The monoisotopic (exact) mass is 559 g/mol. The molecule has 202 valence electrons. The molecule has 38 heavy (non-hydrogen) atoms. The van der Waals surface area contributed by atoms with Crippen molar-refractivity contribution < 1.29 is 14.3 Å². The number of ether oxygens (including phenoxy) is 2. The van der Waals surface area contributed by atoms with Gasteiger partial charge in [-0.25, -0.2) is 9.97 Å². The van der Waals surface area contributed by atoms with Crippen molar-refractivity contribution in [3.63, 3.8) is 0 Å². The van der Waals surface area contributed by atoms with E-state index in [1.807, 2.05) is 31.9 Å². The first-order valence-corrected chi connectivity index (χ1v) is 12.2. The van der Waals surface area contributed by atoms with E-state index in [1.165, 1.54) is 19.5 Å². The van der Waals surface area contributed by atoms with Gasteiger partial charge in [0.05, 0.1) is 47.0 Å². The summed E-state index contributed by atoms with van der Waals surface area (Å²) in [7, 11) is 4.96. The molecule has 0 atom stereocenters. The second-order valence-corrected chi connectivity index (χ2v) is 9.93. The van der Waals surface area contributed by atoms with Crippen molar-refractivity contribution >= 4 is 63.5 Å². The smallest absolute Gasteiger partial charge is 0.247 e.